The molecule has 0 aromatic heterocycles. The zero-order valence-corrected chi connectivity index (χ0v) is 10.5. The molecule has 0 spiro atoms. The van der Waals surface area contributed by atoms with Gasteiger partial charge in [0.15, 0.2) is 0 Å². The fourth-order valence-electron chi connectivity index (χ4n) is 2.70. The highest BCUT2D eigenvalue weighted by Crippen LogP contribution is 2.21. The van der Waals surface area contributed by atoms with Crippen molar-refractivity contribution < 1.29 is 0 Å². The van der Waals surface area contributed by atoms with Crippen LogP contribution in [0.3, 0.4) is 0 Å². The van der Waals surface area contributed by atoms with Crippen LogP contribution in [0.1, 0.15) is 65.2 Å². The molecule has 1 aliphatic carbocycles. The normalized spacial score (nSPS) is 23.4. The zero-order chi connectivity index (χ0) is 11.1. The van der Waals surface area contributed by atoms with Gasteiger partial charge in [0.25, 0.3) is 0 Å². The molecular formula is C13H28N2. The van der Waals surface area contributed by atoms with Crippen LogP contribution in [0.4, 0.5) is 0 Å². The minimum Gasteiger partial charge on any atom is -0.329 e. The van der Waals surface area contributed by atoms with Gasteiger partial charge < -0.3 is 11.1 Å². The van der Waals surface area contributed by atoms with E-state index in [1.807, 2.05) is 0 Å². The molecule has 0 aromatic rings. The smallest absolute Gasteiger partial charge is 0.0278 e. The predicted molar refractivity (Wildman–Crippen MR) is 67.0 cm³/mol. The first-order valence-corrected chi connectivity index (χ1v) is 6.68. The molecule has 0 aliphatic heterocycles. The molecule has 0 amide bonds. The van der Waals surface area contributed by atoms with E-state index in [0.717, 1.165) is 6.54 Å². The number of hydrogen-bond acceptors (Lipinski definition) is 2. The van der Waals surface area contributed by atoms with Crippen molar-refractivity contribution in [1.82, 2.24) is 5.32 Å². The van der Waals surface area contributed by atoms with Crippen molar-refractivity contribution in [2.24, 2.45) is 5.73 Å². The average Bonchev–Trinajstić information content (AvgIpc) is 2.47. The minimum atomic E-state index is 0.170. The first kappa shape index (κ1) is 13.0. The lowest BCUT2D eigenvalue weighted by Gasteiger charge is -2.34. The zero-order valence-electron chi connectivity index (χ0n) is 10.5. The van der Waals surface area contributed by atoms with Crippen molar-refractivity contribution in [3.05, 3.63) is 0 Å². The molecule has 1 fully saturated rings. The summed E-state index contributed by atoms with van der Waals surface area (Å²) in [6.45, 7) is 5.28. The number of nitrogens with two attached hydrogens (primary N) is 1. The minimum absolute atomic E-state index is 0.170. The van der Waals surface area contributed by atoms with Crippen LogP contribution in [0.25, 0.3) is 0 Å². The van der Waals surface area contributed by atoms with Gasteiger partial charge in [-0.05, 0) is 26.2 Å². The summed E-state index contributed by atoms with van der Waals surface area (Å²) in [5.74, 6) is 0. The summed E-state index contributed by atoms with van der Waals surface area (Å²) in [6, 6.07) is 0.715. The summed E-state index contributed by atoms with van der Waals surface area (Å²) in [6.07, 6.45) is 10.7. The van der Waals surface area contributed by atoms with Gasteiger partial charge in [-0.25, -0.2) is 0 Å². The van der Waals surface area contributed by atoms with Crippen molar-refractivity contribution in [2.75, 3.05) is 6.54 Å². The topological polar surface area (TPSA) is 38.0 Å². The highest BCUT2D eigenvalue weighted by molar-refractivity contribution is 4.87. The SMILES string of the molecule is CCCC(C)(CN)NC1CCCCCC1. The van der Waals surface area contributed by atoms with Crippen molar-refractivity contribution in [3.8, 4) is 0 Å². The molecule has 1 aliphatic rings. The summed E-state index contributed by atoms with van der Waals surface area (Å²) in [5.41, 5.74) is 6.06. The maximum Gasteiger partial charge on any atom is 0.0278 e. The molecule has 0 saturated heterocycles. The summed E-state index contributed by atoms with van der Waals surface area (Å²) in [4.78, 5) is 0. The van der Waals surface area contributed by atoms with Gasteiger partial charge >= 0.3 is 0 Å². The van der Waals surface area contributed by atoms with Crippen molar-refractivity contribution in [2.45, 2.75) is 76.8 Å². The third-order valence-corrected chi connectivity index (χ3v) is 3.66. The fraction of sp³-hybridized carbons (Fsp3) is 1.00. The van der Waals surface area contributed by atoms with Gasteiger partial charge in [0.1, 0.15) is 0 Å². The standard InChI is InChI=1S/C13H28N2/c1-3-10-13(2,11-14)15-12-8-6-4-5-7-9-12/h12,15H,3-11,14H2,1-2H3. The van der Waals surface area contributed by atoms with Gasteiger partial charge in [0.05, 0.1) is 0 Å². The van der Waals surface area contributed by atoms with E-state index in [-0.39, 0.29) is 5.54 Å². The lowest BCUT2D eigenvalue weighted by molar-refractivity contribution is 0.278. The lowest BCUT2D eigenvalue weighted by Crippen LogP contribution is -2.52. The summed E-state index contributed by atoms with van der Waals surface area (Å²) >= 11 is 0. The van der Waals surface area contributed by atoms with E-state index in [1.165, 1.54) is 51.4 Å². The van der Waals surface area contributed by atoms with Crippen molar-refractivity contribution in [1.29, 1.82) is 0 Å². The average molecular weight is 212 g/mol. The Morgan fingerprint density at radius 3 is 2.27 bits per heavy atom. The molecule has 90 valence electrons. The van der Waals surface area contributed by atoms with Gasteiger partial charge in [-0.15, -0.1) is 0 Å². The van der Waals surface area contributed by atoms with Crippen LogP contribution in [0.15, 0.2) is 0 Å². The van der Waals surface area contributed by atoms with Gasteiger partial charge in [-0.3, -0.25) is 0 Å². The molecule has 1 saturated carbocycles. The molecule has 2 heteroatoms. The van der Waals surface area contributed by atoms with Crippen molar-refractivity contribution >= 4 is 0 Å². The Kier molecular flexibility index (Phi) is 5.62. The largest absolute Gasteiger partial charge is 0.329 e. The Balaban J connectivity index is 2.41. The van der Waals surface area contributed by atoms with E-state index >= 15 is 0 Å². The second-order valence-electron chi connectivity index (χ2n) is 5.35. The van der Waals surface area contributed by atoms with Gasteiger partial charge in [0.2, 0.25) is 0 Å². The third kappa shape index (κ3) is 4.52. The van der Waals surface area contributed by atoms with Crippen LogP contribution >= 0.6 is 0 Å². The van der Waals surface area contributed by atoms with Gasteiger partial charge in [-0.2, -0.15) is 0 Å². The van der Waals surface area contributed by atoms with Crippen LogP contribution < -0.4 is 11.1 Å². The molecule has 2 nitrogen and oxygen atoms in total. The quantitative estimate of drug-likeness (QED) is 0.688. The first-order chi connectivity index (χ1) is 7.20. The molecular weight excluding hydrogens is 184 g/mol. The summed E-state index contributed by atoms with van der Waals surface area (Å²) < 4.78 is 0. The maximum atomic E-state index is 5.89. The first-order valence-electron chi connectivity index (χ1n) is 6.68. The van der Waals surface area contributed by atoms with Gasteiger partial charge in [-0.1, -0.05) is 39.0 Å². The van der Waals surface area contributed by atoms with Crippen LogP contribution in [-0.4, -0.2) is 18.1 Å². The number of nitrogens with one attached hydrogen (secondary N) is 1. The van der Waals surface area contributed by atoms with E-state index in [2.05, 4.69) is 19.2 Å². The van der Waals surface area contributed by atoms with E-state index in [0.29, 0.717) is 6.04 Å². The summed E-state index contributed by atoms with van der Waals surface area (Å²) in [7, 11) is 0. The molecule has 0 radical (unpaired) electrons. The second kappa shape index (κ2) is 6.49. The van der Waals surface area contributed by atoms with Crippen LogP contribution in [0.5, 0.6) is 0 Å². The van der Waals surface area contributed by atoms with E-state index in [9.17, 15) is 0 Å². The van der Waals surface area contributed by atoms with Crippen LogP contribution in [-0.2, 0) is 0 Å². The Labute approximate surface area is 95.0 Å². The molecule has 1 unspecified atom stereocenters. The monoisotopic (exact) mass is 212 g/mol. The number of hydrogen-bond donors (Lipinski definition) is 2. The number of rotatable bonds is 5. The van der Waals surface area contributed by atoms with E-state index in [1.54, 1.807) is 0 Å². The Hall–Kier alpha value is -0.0800. The van der Waals surface area contributed by atoms with E-state index in [4.69, 9.17) is 5.73 Å². The molecule has 0 aromatic carbocycles. The third-order valence-electron chi connectivity index (χ3n) is 3.66. The predicted octanol–water partition coefficient (Wildman–Crippen LogP) is 2.82. The lowest BCUT2D eigenvalue weighted by atomic mass is 9.93. The molecule has 0 heterocycles. The molecule has 1 rings (SSSR count). The summed E-state index contributed by atoms with van der Waals surface area (Å²) in [5, 5.41) is 3.80. The highest BCUT2D eigenvalue weighted by atomic mass is 15.0. The molecule has 1 atom stereocenters. The Morgan fingerprint density at radius 2 is 1.80 bits per heavy atom. The Morgan fingerprint density at radius 1 is 1.20 bits per heavy atom. The Bertz CT molecular complexity index is 162. The van der Waals surface area contributed by atoms with Crippen LogP contribution in [0.2, 0.25) is 0 Å². The molecule has 0 bridgehead atoms. The maximum absolute atomic E-state index is 5.89. The second-order valence-corrected chi connectivity index (χ2v) is 5.35. The highest BCUT2D eigenvalue weighted by Gasteiger charge is 2.25. The molecule has 15 heavy (non-hydrogen) atoms. The van der Waals surface area contributed by atoms with Crippen LogP contribution in [0, 0.1) is 0 Å². The van der Waals surface area contributed by atoms with Crippen molar-refractivity contribution in [3.63, 3.8) is 0 Å². The van der Waals surface area contributed by atoms with E-state index < -0.39 is 0 Å². The van der Waals surface area contributed by atoms with Gasteiger partial charge in [0, 0.05) is 18.1 Å². The fourth-order valence-corrected chi connectivity index (χ4v) is 2.70. The molecule has 3 N–H and O–H groups in total.